The average Bonchev–Trinajstić information content (AvgIpc) is 2.07. The lowest BCUT2D eigenvalue weighted by atomic mass is 10.3. The molecule has 80 valence electrons. The lowest BCUT2D eigenvalue weighted by Crippen LogP contribution is -2.29. The van der Waals surface area contributed by atoms with Crippen molar-refractivity contribution in [2.75, 3.05) is 11.1 Å². The molecule has 0 saturated heterocycles. The molecule has 0 aliphatic carbocycles. The van der Waals surface area contributed by atoms with E-state index in [1.54, 1.807) is 22.6 Å². The summed E-state index contributed by atoms with van der Waals surface area (Å²) in [5.41, 5.74) is 0.150. The first-order chi connectivity index (χ1) is 6.90. The van der Waals surface area contributed by atoms with E-state index in [1.807, 2.05) is 0 Å². The Bertz CT molecular complexity index is 555. The summed E-state index contributed by atoms with van der Waals surface area (Å²) < 4.78 is 36.5. The number of hydrogen-bond donors (Lipinski definition) is 1. The number of halogens is 2. The Morgan fingerprint density at radius 1 is 1.40 bits per heavy atom. The molecule has 15 heavy (non-hydrogen) atoms. The van der Waals surface area contributed by atoms with Crippen molar-refractivity contribution in [3.8, 4) is 0 Å². The Hall–Kier alpha value is -0.700. The number of hydrogen-bond acceptors (Lipinski definition) is 3. The van der Waals surface area contributed by atoms with Crippen LogP contribution in [0.5, 0.6) is 0 Å². The second kappa shape index (κ2) is 3.41. The van der Waals surface area contributed by atoms with Crippen molar-refractivity contribution >= 4 is 44.0 Å². The zero-order chi connectivity index (χ0) is 11.2. The fourth-order valence-electron chi connectivity index (χ4n) is 1.32. The average molecular weight is 341 g/mol. The van der Waals surface area contributed by atoms with E-state index < -0.39 is 27.3 Å². The number of rotatable bonds is 0. The van der Waals surface area contributed by atoms with Gasteiger partial charge >= 0.3 is 0 Å². The zero-order valence-electron chi connectivity index (χ0n) is 7.25. The van der Waals surface area contributed by atoms with E-state index in [2.05, 4.69) is 5.32 Å². The van der Waals surface area contributed by atoms with Crippen molar-refractivity contribution in [3.63, 3.8) is 0 Å². The Kier molecular flexibility index (Phi) is 2.45. The number of benzene rings is 1. The van der Waals surface area contributed by atoms with Crippen LogP contribution in [0, 0.1) is 9.39 Å². The van der Waals surface area contributed by atoms with Gasteiger partial charge in [0.25, 0.3) is 0 Å². The summed E-state index contributed by atoms with van der Waals surface area (Å²) in [6.07, 6.45) is 0. The van der Waals surface area contributed by atoms with Crippen LogP contribution in [0.2, 0.25) is 0 Å². The van der Waals surface area contributed by atoms with Crippen molar-refractivity contribution in [1.29, 1.82) is 0 Å². The molecule has 2 rings (SSSR count). The van der Waals surface area contributed by atoms with E-state index in [0.29, 0.717) is 0 Å². The normalized spacial score (nSPS) is 18.1. The molecule has 0 spiro atoms. The van der Waals surface area contributed by atoms with Crippen molar-refractivity contribution < 1.29 is 17.6 Å². The van der Waals surface area contributed by atoms with Crippen LogP contribution in [-0.4, -0.2) is 20.1 Å². The number of carbonyl (C=O) groups excluding carboxylic acids is 1. The summed E-state index contributed by atoms with van der Waals surface area (Å²) >= 11 is 1.73. The van der Waals surface area contributed by atoms with Crippen molar-refractivity contribution in [3.05, 3.63) is 21.5 Å². The Labute approximate surface area is 98.9 Å². The predicted octanol–water partition coefficient (Wildman–Crippen LogP) is 1.16. The molecule has 0 radical (unpaired) electrons. The molecule has 1 amide bonds. The first-order valence-corrected chi connectivity index (χ1v) is 6.65. The van der Waals surface area contributed by atoms with Gasteiger partial charge in [-0.15, -0.1) is 0 Å². The van der Waals surface area contributed by atoms with Crippen LogP contribution in [-0.2, 0) is 14.6 Å². The molecule has 1 aliphatic heterocycles. The van der Waals surface area contributed by atoms with Gasteiger partial charge in [0, 0.05) is 0 Å². The largest absolute Gasteiger partial charge is 0.324 e. The van der Waals surface area contributed by atoms with Gasteiger partial charge < -0.3 is 5.32 Å². The molecule has 4 nitrogen and oxygen atoms in total. The highest BCUT2D eigenvalue weighted by atomic mass is 127. The third kappa shape index (κ3) is 1.85. The molecule has 0 bridgehead atoms. The molecule has 1 heterocycles. The molecule has 7 heteroatoms. The molecule has 1 aromatic rings. The Morgan fingerprint density at radius 3 is 2.73 bits per heavy atom. The minimum absolute atomic E-state index is 0.150. The van der Waals surface area contributed by atoms with Gasteiger partial charge in [0.1, 0.15) is 11.6 Å². The first-order valence-electron chi connectivity index (χ1n) is 3.92. The number of carbonyl (C=O) groups is 1. The summed E-state index contributed by atoms with van der Waals surface area (Å²) in [5, 5.41) is 2.39. The maximum Gasteiger partial charge on any atom is 0.239 e. The van der Waals surface area contributed by atoms with Gasteiger partial charge in [-0.3, -0.25) is 4.79 Å². The molecular weight excluding hydrogens is 336 g/mol. The number of nitrogens with one attached hydrogen (secondary N) is 1. The van der Waals surface area contributed by atoms with Gasteiger partial charge in [-0.25, -0.2) is 12.8 Å². The summed E-state index contributed by atoms with van der Waals surface area (Å²) in [4.78, 5) is 10.9. The van der Waals surface area contributed by atoms with Crippen LogP contribution in [0.25, 0.3) is 0 Å². The maximum absolute atomic E-state index is 13.2. The quantitative estimate of drug-likeness (QED) is 0.721. The van der Waals surface area contributed by atoms with Gasteiger partial charge in [-0.1, -0.05) is 0 Å². The zero-order valence-corrected chi connectivity index (χ0v) is 10.2. The van der Waals surface area contributed by atoms with Crippen molar-refractivity contribution in [1.82, 2.24) is 0 Å². The van der Waals surface area contributed by atoms with E-state index in [4.69, 9.17) is 0 Å². The molecule has 0 atom stereocenters. The van der Waals surface area contributed by atoms with Crippen molar-refractivity contribution in [2.45, 2.75) is 4.90 Å². The van der Waals surface area contributed by atoms with E-state index in [1.165, 1.54) is 6.07 Å². The molecule has 1 aliphatic rings. The molecule has 0 fully saturated rings. The smallest absolute Gasteiger partial charge is 0.239 e. The predicted molar refractivity (Wildman–Crippen MR) is 59.8 cm³/mol. The fraction of sp³-hybridized carbons (Fsp3) is 0.125. The lowest BCUT2D eigenvalue weighted by molar-refractivity contribution is -0.114. The Balaban J connectivity index is 2.74. The van der Waals surface area contributed by atoms with Gasteiger partial charge in [-0.05, 0) is 34.7 Å². The minimum atomic E-state index is -3.69. The molecule has 0 aromatic heterocycles. The highest BCUT2D eigenvalue weighted by molar-refractivity contribution is 14.1. The second-order valence-electron chi connectivity index (χ2n) is 3.07. The van der Waals surface area contributed by atoms with Crippen LogP contribution in [0.1, 0.15) is 0 Å². The molecule has 0 unspecified atom stereocenters. The summed E-state index contributed by atoms with van der Waals surface area (Å²) in [6.45, 7) is 0. The van der Waals surface area contributed by atoms with Gasteiger partial charge in [0.15, 0.2) is 9.84 Å². The SMILES string of the molecule is O=C1CS(=O)(=O)c2cc(F)c(I)cc2N1. The number of amides is 1. The number of fused-ring (bicyclic) bond motifs is 1. The molecule has 0 saturated carbocycles. The van der Waals surface area contributed by atoms with Crippen LogP contribution in [0.3, 0.4) is 0 Å². The van der Waals surface area contributed by atoms with E-state index >= 15 is 0 Å². The van der Waals surface area contributed by atoms with Crippen LogP contribution >= 0.6 is 22.6 Å². The molecule has 1 aromatic carbocycles. The summed E-state index contributed by atoms with van der Waals surface area (Å²) in [7, 11) is -3.69. The Morgan fingerprint density at radius 2 is 2.07 bits per heavy atom. The lowest BCUT2D eigenvalue weighted by Gasteiger charge is -2.17. The monoisotopic (exact) mass is 341 g/mol. The van der Waals surface area contributed by atoms with Crippen LogP contribution < -0.4 is 5.32 Å². The standard InChI is InChI=1S/C8H5FINO3S/c9-4-1-7-6(2-5(4)10)11-8(12)3-15(7,13)14/h1-2H,3H2,(H,11,12). The third-order valence-corrected chi connectivity index (χ3v) is 4.43. The van der Waals surface area contributed by atoms with Crippen LogP contribution in [0.4, 0.5) is 10.1 Å². The highest BCUT2D eigenvalue weighted by Crippen LogP contribution is 2.29. The van der Waals surface area contributed by atoms with E-state index in [-0.39, 0.29) is 14.2 Å². The van der Waals surface area contributed by atoms with Crippen LogP contribution in [0.15, 0.2) is 17.0 Å². The third-order valence-electron chi connectivity index (χ3n) is 1.95. The maximum atomic E-state index is 13.2. The van der Waals surface area contributed by atoms with Crippen molar-refractivity contribution in [2.24, 2.45) is 0 Å². The summed E-state index contributed by atoms with van der Waals surface area (Å²) in [6, 6.07) is 2.24. The second-order valence-corrected chi connectivity index (χ2v) is 6.19. The highest BCUT2D eigenvalue weighted by Gasteiger charge is 2.29. The fourth-order valence-corrected chi connectivity index (χ4v) is 3.09. The van der Waals surface area contributed by atoms with E-state index in [0.717, 1.165) is 6.07 Å². The van der Waals surface area contributed by atoms with E-state index in [9.17, 15) is 17.6 Å². The summed E-state index contributed by atoms with van der Waals surface area (Å²) in [5.74, 6) is -1.82. The molecule has 1 N–H and O–H groups in total. The minimum Gasteiger partial charge on any atom is -0.324 e. The first kappa shape index (κ1) is 10.8. The molecular formula is C8H5FINO3S. The van der Waals surface area contributed by atoms with Gasteiger partial charge in [-0.2, -0.15) is 0 Å². The number of anilines is 1. The van der Waals surface area contributed by atoms with Gasteiger partial charge in [0.05, 0.1) is 14.2 Å². The van der Waals surface area contributed by atoms with Gasteiger partial charge in [0.2, 0.25) is 5.91 Å². The number of sulfone groups is 1. The topological polar surface area (TPSA) is 63.2 Å².